The fraction of sp³-hybridized carbons (Fsp3) is 0.269. The summed E-state index contributed by atoms with van der Waals surface area (Å²) >= 11 is 0. The molecule has 8 heteroatoms. The molecule has 1 fully saturated rings. The van der Waals surface area contributed by atoms with E-state index in [1.165, 1.54) is 13.2 Å². The predicted molar refractivity (Wildman–Crippen MR) is 130 cm³/mol. The molecule has 34 heavy (non-hydrogen) atoms. The van der Waals surface area contributed by atoms with Gasteiger partial charge in [0.15, 0.2) is 0 Å². The third kappa shape index (κ3) is 3.36. The number of rotatable bonds is 6. The van der Waals surface area contributed by atoms with Crippen LogP contribution in [0, 0.1) is 0 Å². The molecule has 1 spiro atoms. The first-order valence-electron chi connectivity index (χ1n) is 11.1. The van der Waals surface area contributed by atoms with E-state index in [-0.39, 0.29) is 22.2 Å². The van der Waals surface area contributed by atoms with Gasteiger partial charge in [0.1, 0.15) is 16.2 Å². The van der Waals surface area contributed by atoms with Gasteiger partial charge >= 0.3 is 0 Å². The van der Waals surface area contributed by atoms with E-state index in [9.17, 15) is 18.3 Å². The first kappa shape index (κ1) is 22.4. The molecule has 3 aromatic carbocycles. The first-order valence-corrected chi connectivity index (χ1v) is 12.6. The van der Waals surface area contributed by atoms with Gasteiger partial charge in [-0.1, -0.05) is 48.9 Å². The predicted octanol–water partition coefficient (Wildman–Crippen LogP) is 4.13. The third-order valence-electron chi connectivity index (χ3n) is 7.01. The number of para-hydroxylation sites is 1. The maximum Gasteiger partial charge on any atom is 0.265 e. The summed E-state index contributed by atoms with van der Waals surface area (Å²) in [6, 6.07) is 18.8. The van der Waals surface area contributed by atoms with Crippen molar-refractivity contribution in [1.29, 1.82) is 0 Å². The number of amides is 1. The van der Waals surface area contributed by atoms with Crippen LogP contribution in [0.15, 0.2) is 71.6 Å². The van der Waals surface area contributed by atoms with Crippen LogP contribution in [0.5, 0.6) is 5.75 Å². The van der Waals surface area contributed by atoms with Crippen molar-refractivity contribution in [2.75, 3.05) is 17.1 Å². The van der Waals surface area contributed by atoms with Crippen LogP contribution < -0.4 is 14.8 Å². The van der Waals surface area contributed by atoms with Crippen LogP contribution in [-0.4, -0.2) is 26.5 Å². The monoisotopic (exact) mass is 478 g/mol. The molecule has 1 unspecified atom stereocenters. The van der Waals surface area contributed by atoms with Gasteiger partial charge in [-0.2, -0.15) is 0 Å². The number of hydrogen-bond donors (Lipinski definition) is 3. The second-order valence-electron chi connectivity index (χ2n) is 9.03. The Labute approximate surface area is 198 Å². The van der Waals surface area contributed by atoms with Crippen molar-refractivity contribution < 1.29 is 23.1 Å². The minimum atomic E-state index is -4.00. The number of anilines is 2. The molecule has 3 aromatic rings. The Morgan fingerprint density at radius 3 is 2.38 bits per heavy atom. The summed E-state index contributed by atoms with van der Waals surface area (Å²) in [5.41, 5.74) is 0.451. The van der Waals surface area contributed by atoms with Gasteiger partial charge in [0.05, 0.1) is 18.2 Å². The highest BCUT2D eigenvalue weighted by Gasteiger charge is 2.53. The van der Waals surface area contributed by atoms with Crippen molar-refractivity contribution in [1.82, 2.24) is 0 Å². The lowest BCUT2D eigenvalue weighted by Gasteiger charge is -2.36. The first-order chi connectivity index (χ1) is 16.2. The highest BCUT2D eigenvalue weighted by molar-refractivity contribution is 7.92. The average molecular weight is 479 g/mol. The Bertz CT molecular complexity index is 1380. The molecule has 0 bridgehead atoms. The summed E-state index contributed by atoms with van der Waals surface area (Å²) in [7, 11) is -2.59. The lowest BCUT2D eigenvalue weighted by molar-refractivity contribution is -0.123. The summed E-state index contributed by atoms with van der Waals surface area (Å²) < 4.78 is 34.5. The van der Waals surface area contributed by atoms with Crippen LogP contribution >= 0.6 is 0 Å². The molecule has 1 heterocycles. The molecular weight excluding hydrogens is 452 g/mol. The molecule has 7 nitrogen and oxygen atoms in total. The minimum absolute atomic E-state index is 0.00178. The standard InChI is InChI=1S/C26H26N2O5S/c1-25(30,17-9-4-3-5-10-17)19-15-18(16-20-23(19)27-24(29)26(20)13-8-14-26)28-34(31,32)22-12-7-6-11-21(22)33-2/h3-7,9-12,15-16,28,30H,8,13-14H2,1-2H3,(H,27,29). The summed E-state index contributed by atoms with van der Waals surface area (Å²) in [4.78, 5) is 13.0. The zero-order chi connectivity index (χ0) is 24.1. The molecule has 2 aliphatic rings. The lowest BCUT2D eigenvalue weighted by Crippen LogP contribution is -2.40. The zero-order valence-electron chi connectivity index (χ0n) is 19.0. The largest absolute Gasteiger partial charge is 0.495 e. The number of hydrogen-bond acceptors (Lipinski definition) is 5. The second-order valence-corrected chi connectivity index (χ2v) is 10.7. The summed E-state index contributed by atoms with van der Waals surface area (Å²) in [5, 5.41) is 14.6. The van der Waals surface area contributed by atoms with Gasteiger partial charge in [-0.05, 0) is 55.2 Å². The zero-order valence-corrected chi connectivity index (χ0v) is 19.8. The van der Waals surface area contributed by atoms with E-state index in [1.807, 2.05) is 18.2 Å². The molecule has 0 saturated heterocycles. The smallest absolute Gasteiger partial charge is 0.265 e. The van der Waals surface area contributed by atoms with Crippen molar-refractivity contribution in [2.45, 2.75) is 42.1 Å². The average Bonchev–Trinajstić information content (AvgIpc) is 3.10. The maximum absolute atomic E-state index is 13.3. The van der Waals surface area contributed by atoms with Crippen LogP contribution in [0.4, 0.5) is 11.4 Å². The summed E-state index contributed by atoms with van der Waals surface area (Å²) in [5.74, 6) is 0.114. The molecule has 1 atom stereocenters. The quantitative estimate of drug-likeness (QED) is 0.494. The number of carbonyl (C=O) groups is 1. The molecule has 176 valence electrons. The van der Waals surface area contributed by atoms with E-state index < -0.39 is 21.0 Å². The van der Waals surface area contributed by atoms with Crippen LogP contribution in [-0.2, 0) is 25.8 Å². The molecule has 0 aromatic heterocycles. The number of nitrogens with one attached hydrogen (secondary N) is 2. The van der Waals surface area contributed by atoms with Gasteiger partial charge in [0.2, 0.25) is 5.91 Å². The molecule has 1 aliphatic heterocycles. The van der Waals surface area contributed by atoms with Crippen LogP contribution in [0.25, 0.3) is 0 Å². The number of benzene rings is 3. The van der Waals surface area contributed by atoms with Gasteiger partial charge in [-0.25, -0.2) is 8.42 Å². The fourth-order valence-electron chi connectivity index (χ4n) is 4.95. The van der Waals surface area contributed by atoms with Gasteiger partial charge in [-0.15, -0.1) is 0 Å². The number of sulfonamides is 1. The SMILES string of the molecule is COc1ccccc1S(=O)(=O)Nc1cc2c(c(C(C)(O)c3ccccc3)c1)NC(=O)C21CCC1. The Balaban J connectivity index is 1.67. The normalized spacial score (nSPS) is 17.9. The molecule has 1 amide bonds. The van der Waals surface area contributed by atoms with E-state index >= 15 is 0 Å². The lowest BCUT2D eigenvalue weighted by atomic mass is 9.64. The number of ether oxygens (including phenoxy) is 1. The molecule has 5 rings (SSSR count). The topological polar surface area (TPSA) is 105 Å². The van der Waals surface area contributed by atoms with Gasteiger partial charge < -0.3 is 15.2 Å². The van der Waals surface area contributed by atoms with Crippen LogP contribution in [0.3, 0.4) is 0 Å². The molecule has 3 N–H and O–H groups in total. The number of fused-ring (bicyclic) bond motifs is 2. The van der Waals surface area contributed by atoms with Crippen LogP contribution in [0.1, 0.15) is 42.9 Å². The Hall–Kier alpha value is -3.36. The van der Waals surface area contributed by atoms with Gasteiger partial charge in [0.25, 0.3) is 10.0 Å². The third-order valence-corrected chi connectivity index (χ3v) is 8.43. The van der Waals surface area contributed by atoms with E-state index in [4.69, 9.17) is 4.74 Å². The van der Waals surface area contributed by atoms with Crippen molar-refractivity contribution in [2.24, 2.45) is 0 Å². The van der Waals surface area contributed by atoms with E-state index in [0.29, 0.717) is 29.7 Å². The number of aliphatic hydroxyl groups is 1. The molecule has 1 saturated carbocycles. The highest BCUT2D eigenvalue weighted by Crippen LogP contribution is 2.54. The highest BCUT2D eigenvalue weighted by atomic mass is 32.2. The Kier molecular flexibility index (Phi) is 5.18. The van der Waals surface area contributed by atoms with Crippen molar-refractivity contribution in [3.63, 3.8) is 0 Å². The van der Waals surface area contributed by atoms with Crippen molar-refractivity contribution >= 4 is 27.3 Å². The van der Waals surface area contributed by atoms with Gasteiger partial charge in [-0.3, -0.25) is 9.52 Å². The van der Waals surface area contributed by atoms with E-state index in [1.54, 1.807) is 49.4 Å². The maximum atomic E-state index is 13.3. The molecule has 1 aliphatic carbocycles. The fourth-order valence-corrected chi connectivity index (χ4v) is 6.16. The Morgan fingerprint density at radius 1 is 1.06 bits per heavy atom. The molecular formula is C26H26N2O5S. The number of methoxy groups -OCH3 is 1. The van der Waals surface area contributed by atoms with Crippen molar-refractivity contribution in [3.05, 3.63) is 83.4 Å². The number of carbonyl (C=O) groups excluding carboxylic acids is 1. The second kappa shape index (κ2) is 7.85. The summed E-state index contributed by atoms with van der Waals surface area (Å²) in [6.45, 7) is 1.65. The Morgan fingerprint density at radius 2 is 1.74 bits per heavy atom. The van der Waals surface area contributed by atoms with Crippen molar-refractivity contribution in [3.8, 4) is 5.75 Å². The summed E-state index contributed by atoms with van der Waals surface area (Å²) in [6.07, 6.45) is 2.28. The minimum Gasteiger partial charge on any atom is -0.495 e. The van der Waals surface area contributed by atoms with Gasteiger partial charge in [0, 0.05) is 11.3 Å². The molecule has 0 radical (unpaired) electrons. The van der Waals surface area contributed by atoms with Crippen LogP contribution in [0.2, 0.25) is 0 Å². The van der Waals surface area contributed by atoms with E-state index in [2.05, 4.69) is 10.0 Å². The van der Waals surface area contributed by atoms with E-state index in [0.717, 1.165) is 12.0 Å².